The van der Waals surface area contributed by atoms with Crippen LogP contribution in [0.15, 0.2) is 6.07 Å². The number of aromatic nitrogens is 2. The van der Waals surface area contributed by atoms with Gasteiger partial charge >= 0.3 is 0 Å². The third-order valence-corrected chi connectivity index (χ3v) is 2.22. The van der Waals surface area contributed by atoms with Crippen LogP contribution < -0.4 is 5.32 Å². The van der Waals surface area contributed by atoms with E-state index in [1.807, 2.05) is 32.0 Å². The minimum Gasteiger partial charge on any atom is -0.389 e. The summed E-state index contributed by atoms with van der Waals surface area (Å²) in [4.78, 5) is 10.8. The Hall–Kier alpha value is -1.20. The summed E-state index contributed by atoms with van der Waals surface area (Å²) in [5.41, 5.74) is 0.237. The topological polar surface area (TPSA) is 61.3 Å². The van der Waals surface area contributed by atoms with Gasteiger partial charge in [-0.2, -0.15) is 0 Å². The van der Waals surface area contributed by atoms with Crippen molar-refractivity contribution in [3.8, 4) is 0 Å². The van der Waals surface area contributed by atoms with Gasteiger partial charge in [0, 0.05) is 25.4 Å². The molecule has 0 aromatic carbocycles. The van der Waals surface area contributed by atoms with Crippen LogP contribution in [-0.2, 0) is 6.54 Å². The number of aryl methyl sites for hydroxylation is 1. The van der Waals surface area contributed by atoms with E-state index in [1.165, 1.54) is 0 Å². The van der Waals surface area contributed by atoms with E-state index in [4.69, 9.17) is 0 Å². The zero-order valence-corrected chi connectivity index (χ0v) is 11.3. The van der Waals surface area contributed by atoms with E-state index in [0.717, 1.165) is 17.3 Å². The molecule has 1 rings (SSSR count). The molecule has 5 nitrogen and oxygen atoms in total. The predicted molar refractivity (Wildman–Crippen MR) is 68.9 cm³/mol. The predicted octanol–water partition coefficient (Wildman–Crippen LogP) is 1.03. The minimum absolute atomic E-state index is 0.583. The first-order chi connectivity index (χ1) is 7.80. The molecule has 0 saturated carbocycles. The molecule has 0 unspecified atom stereocenters. The number of anilines is 1. The van der Waals surface area contributed by atoms with Crippen molar-refractivity contribution in [3.63, 3.8) is 0 Å². The Balaban J connectivity index is 2.71. The van der Waals surface area contributed by atoms with E-state index in [2.05, 4.69) is 15.3 Å². The largest absolute Gasteiger partial charge is 0.389 e. The summed E-state index contributed by atoms with van der Waals surface area (Å²) in [6, 6.07) is 1.90. The van der Waals surface area contributed by atoms with Gasteiger partial charge in [0.25, 0.3) is 0 Å². The molecule has 17 heavy (non-hydrogen) atoms. The molecule has 0 bridgehead atoms. The SMILES string of the molecule is CNc1cc(C)nc(CN(C)CC(C)(C)O)n1. The highest BCUT2D eigenvalue weighted by Gasteiger charge is 2.16. The lowest BCUT2D eigenvalue weighted by atomic mass is 10.1. The Morgan fingerprint density at radius 3 is 2.59 bits per heavy atom. The molecule has 1 aromatic heterocycles. The smallest absolute Gasteiger partial charge is 0.144 e. The van der Waals surface area contributed by atoms with Crippen molar-refractivity contribution in [1.82, 2.24) is 14.9 Å². The van der Waals surface area contributed by atoms with Gasteiger partial charge in [0.2, 0.25) is 0 Å². The molecule has 0 fully saturated rings. The molecule has 0 aliphatic heterocycles. The number of aliphatic hydroxyl groups is 1. The summed E-state index contributed by atoms with van der Waals surface area (Å²) >= 11 is 0. The maximum Gasteiger partial charge on any atom is 0.144 e. The van der Waals surface area contributed by atoms with E-state index in [9.17, 15) is 5.11 Å². The van der Waals surface area contributed by atoms with Crippen molar-refractivity contribution < 1.29 is 5.11 Å². The Morgan fingerprint density at radius 1 is 1.41 bits per heavy atom. The fourth-order valence-corrected chi connectivity index (χ4v) is 1.79. The molecule has 0 atom stereocenters. The average molecular weight is 238 g/mol. The van der Waals surface area contributed by atoms with E-state index in [0.29, 0.717) is 13.1 Å². The van der Waals surface area contributed by atoms with Crippen LogP contribution in [0.4, 0.5) is 5.82 Å². The molecule has 0 saturated heterocycles. The summed E-state index contributed by atoms with van der Waals surface area (Å²) in [5, 5.41) is 12.7. The molecule has 0 spiro atoms. The highest BCUT2D eigenvalue weighted by atomic mass is 16.3. The third-order valence-electron chi connectivity index (χ3n) is 2.22. The molecule has 2 N–H and O–H groups in total. The fraction of sp³-hybridized carbons (Fsp3) is 0.667. The molecule has 0 aliphatic carbocycles. The summed E-state index contributed by atoms with van der Waals surface area (Å²) in [6.07, 6.45) is 0. The first kappa shape index (κ1) is 13.9. The number of likely N-dealkylation sites (N-methyl/N-ethyl adjacent to an activating group) is 1. The highest BCUT2D eigenvalue weighted by Crippen LogP contribution is 2.09. The lowest BCUT2D eigenvalue weighted by Gasteiger charge is -2.24. The fourth-order valence-electron chi connectivity index (χ4n) is 1.79. The van der Waals surface area contributed by atoms with Gasteiger partial charge in [0.05, 0.1) is 12.1 Å². The van der Waals surface area contributed by atoms with Crippen molar-refractivity contribution in [3.05, 3.63) is 17.6 Å². The van der Waals surface area contributed by atoms with Crippen molar-refractivity contribution in [2.45, 2.75) is 32.9 Å². The molecule has 5 heteroatoms. The van der Waals surface area contributed by atoms with Gasteiger partial charge in [-0.15, -0.1) is 0 Å². The lowest BCUT2D eigenvalue weighted by molar-refractivity contribution is 0.0418. The van der Waals surface area contributed by atoms with E-state index >= 15 is 0 Å². The maximum atomic E-state index is 9.73. The summed E-state index contributed by atoms with van der Waals surface area (Å²) < 4.78 is 0. The summed E-state index contributed by atoms with van der Waals surface area (Å²) in [5.74, 6) is 1.59. The van der Waals surface area contributed by atoms with Gasteiger partial charge in [0.1, 0.15) is 11.6 Å². The molecule has 1 heterocycles. The Morgan fingerprint density at radius 2 is 2.06 bits per heavy atom. The molecule has 0 radical (unpaired) electrons. The van der Waals surface area contributed by atoms with E-state index in [1.54, 1.807) is 13.8 Å². The second kappa shape index (κ2) is 5.42. The number of rotatable bonds is 5. The monoisotopic (exact) mass is 238 g/mol. The molecule has 96 valence electrons. The van der Waals surface area contributed by atoms with Gasteiger partial charge in [0.15, 0.2) is 0 Å². The lowest BCUT2D eigenvalue weighted by Crippen LogP contribution is -2.36. The zero-order chi connectivity index (χ0) is 13.1. The standard InChI is InChI=1S/C12H22N4O/c1-9-6-10(13-4)15-11(14-9)7-16(5)8-12(2,3)17/h6,17H,7-8H2,1-5H3,(H,13,14,15). The molecule has 0 aliphatic rings. The van der Waals surface area contributed by atoms with Crippen LogP contribution in [0.5, 0.6) is 0 Å². The zero-order valence-electron chi connectivity index (χ0n) is 11.3. The second-order valence-electron chi connectivity index (χ2n) is 5.05. The molecule has 0 amide bonds. The quantitative estimate of drug-likeness (QED) is 0.802. The van der Waals surface area contributed by atoms with Crippen molar-refractivity contribution in [2.24, 2.45) is 0 Å². The number of hydrogen-bond donors (Lipinski definition) is 2. The first-order valence-electron chi connectivity index (χ1n) is 5.73. The van der Waals surface area contributed by atoms with Crippen LogP contribution in [0.2, 0.25) is 0 Å². The summed E-state index contributed by atoms with van der Waals surface area (Å²) in [6.45, 7) is 6.74. The van der Waals surface area contributed by atoms with Gasteiger partial charge in [-0.25, -0.2) is 9.97 Å². The summed E-state index contributed by atoms with van der Waals surface area (Å²) in [7, 11) is 3.79. The number of nitrogens with zero attached hydrogens (tertiary/aromatic N) is 3. The average Bonchev–Trinajstić information content (AvgIpc) is 2.13. The van der Waals surface area contributed by atoms with Crippen LogP contribution in [0.1, 0.15) is 25.4 Å². The third kappa shape index (κ3) is 5.10. The Bertz CT molecular complexity index is 373. The van der Waals surface area contributed by atoms with Crippen LogP contribution in [0.25, 0.3) is 0 Å². The second-order valence-corrected chi connectivity index (χ2v) is 5.05. The molecule has 1 aromatic rings. The van der Waals surface area contributed by atoms with Gasteiger partial charge < -0.3 is 10.4 Å². The van der Waals surface area contributed by atoms with Crippen LogP contribution in [-0.4, -0.2) is 46.2 Å². The van der Waals surface area contributed by atoms with Crippen LogP contribution in [0, 0.1) is 6.92 Å². The number of nitrogens with one attached hydrogen (secondary N) is 1. The Labute approximate surface area is 103 Å². The first-order valence-corrected chi connectivity index (χ1v) is 5.73. The van der Waals surface area contributed by atoms with Gasteiger partial charge in [-0.3, -0.25) is 4.90 Å². The Kier molecular flexibility index (Phi) is 4.42. The molecular formula is C12H22N4O. The van der Waals surface area contributed by atoms with Crippen LogP contribution in [0.3, 0.4) is 0 Å². The highest BCUT2D eigenvalue weighted by molar-refractivity contribution is 5.34. The maximum absolute atomic E-state index is 9.73. The minimum atomic E-state index is -0.704. The van der Waals surface area contributed by atoms with E-state index in [-0.39, 0.29) is 0 Å². The van der Waals surface area contributed by atoms with Gasteiger partial charge in [-0.05, 0) is 27.8 Å². The van der Waals surface area contributed by atoms with Gasteiger partial charge in [-0.1, -0.05) is 0 Å². The molecular weight excluding hydrogens is 216 g/mol. The van der Waals surface area contributed by atoms with E-state index < -0.39 is 5.60 Å². The van der Waals surface area contributed by atoms with Crippen molar-refractivity contribution in [2.75, 3.05) is 26.0 Å². The van der Waals surface area contributed by atoms with Crippen molar-refractivity contribution in [1.29, 1.82) is 0 Å². The van der Waals surface area contributed by atoms with Crippen molar-refractivity contribution >= 4 is 5.82 Å². The van der Waals surface area contributed by atoms with Crippen LogP contribution >= 0.6 is 0 Å². The normalized spacial score (nSPS) is 11.9. The number of hydrogen-bond acceptors (Lipinski definition) is 5.